The molecule has 0 unspecified atom stereocenters. The summed E-state index contributed by atoms with van der Waals surface area (Å²) in [6.07, 6.45) is 0. The summed E-state index contributed by atoms with van der Waals surface area (Å²) >= 11 is 0. The molecular weight excluding hydrogens is 671 g/mol. The van der Waals surface area contributed by atoms with Crippen LogP contribution in [0.1, 0.15) is 11.1 Å². The summed E-state index contributed by atoms with van der Waals surface area (Å²) in [5, 5.41) is 27.0. The lowest BCUT2D eigenvalue weighted by Gasteiger charge is -2.16. The summed E-state index contributed by atoms with van der Waals surface area (Å²) < 4.78 is 6.92. The maximum Gasteiger partial charge on any atom is 0.0998 e. The van der Waals surface area contributed by atoms with Crippen LogP contribution in [-0.2, 0) is 0 Å². The van der Waals surface area contributed by atoms with E-state index >= 15 is 0 Å². The Morgan fingerprint density at radius 1 is 0.345 bits per heavy atom. The summed E-state index contributed by atoms with van der Waals surface area (Å²) in [5.74, 6) is 0. The third kappa shape index (κ3) is 4.45. The molecule has 0 aliphatic carbocycles. The minimum atomic E-state index is 0.627. The van der Waals surface area contributed by atoms with Crippen LogP contribution >= 0.6 is 0 Å². The van der Waals surface area contributed by atoms with E-state index in [2.05, 4.69) is 177 Å². The van der Waals surface area contributed by atoms with Crippen molar-refractivity contribution < 1.29 is 0 Å². The topological polar surface area (TPSA) is 62.4 Å². The molecule has 0 radical (unpaired) electrons. The molecule has 0 N–H and O–H groups in total. The van der Waals surface area contributed by atoms with Crippen LogP contribution < -0.4 is 0 Å². The van der Waals surface area contributed by atoms with E-state index in [1.54, 1.807) is 0 Å². The van der Waals surface area contributed by atoms with Crippen LogP contribution in [0.3, 0.4) is 0 Å². The Morgan fingerprint density at radius 2 is 0.855 bits per heavy atom. The zero-order valence-electron chi connectivity index (χ0n) is 29.5. The molecular formula is C50H29N5. The lowest BCUT2D eigenvalue weighted by atomic mass is 9.97. The van der Waals surface area contributed by atoms with E-state index < -0.39 is 0 Å². The third-order valence-electron chi connectivity index (χ3n) is 11.1. The average molecular weight is 700 g/mol. The average Bonchev–Trinajstić information content (AvgIpc) is 3.88. The van der Waals surface area contributed by atoms with Gasteiger partial charge in [0.05, 0.1) is 62.1 Å². The number of hydrogen-bond acceptors (Lipinski definition) is 2. The molecule has 0 spiro atoms. The molecule has 0 amide bonds. The smallest absolute Gasteiger partial charge is 0.0998 e. The van der Waals surface area contributed by atoms with E-state index in [1.807, 2.05) is 24.3 Å². The van der Waals surface area contributed by atoms with Gasteiger partial charge in [0.25, 0.3) is 0 Å². The lowest BCUT2D eigenvalue weighted by molar-refractivity contribution is 1.15. The Bertz CT molecular complexity index is 3400. The molecule has 3 aromatic heterocycles. The highest BCUT2D eigenvalue weighted by Gasteiger charge is 2.20. The maximum atomic E-state index is 10.5. The molecule has 0 saturated carbocycles. The van der Waals surface area contributed by atoms with Gasteiger partial charge in [-0.2, -0.15) is 10.5 Å². The van der Waals surface area contributed by atoms with Crippen LogP contribution in [0.4, 0.5) is 0 Å². The molecule has 55 heavy (non-hydrogen) atoms. The van der Waals surface area contributed by atoms with Crippen LogP contribution in [0.5, 0.6) is 0 Å². The second-order valence-corrected chi connectivity index (χ2v) is 14.0. The van der Waals surface area contributed by atoms with Crippen molar-refractivity contribution >= 4 is 65.4 Å². The first-order chi connectivity index (χ1) is 27.2. The van der Waals surface area contributed by atoms with Crippen molar-refractivity contribution in [3.8, 4) is 40.3 Å². The Kier molecular flexibility index (Phi) is 6.61. The Morgan fingerprint density at radius 3 is 1.45 bits per heavy atom. The molecule has 11 aromatic rings. The number of aromatic nitrogens is 3. The fourth-order valence-corrected chi connectivity index (χ4v) is 8.78. The van der Waals surface area contributed by atoms with Gasteiger partial charge in [-0.05, 0) is 84.4 Å². The quantitative estimate of drug-likeness (QED) is 0.184. The molecule has 5 nitrogen and oxygen atoms in total. The number of hydrogen-bond donors (Lipinski definition) is 0. The second kappa shape index (κ2) is 11.8. The first-order valence-corrected chi connectivity index (χ1v) is 18.3. The summed E-state index contributed by atoms with van der Waals surface area (Å²) in [5.41, 5.74) is 12.8. The minimum Gasteiger partial charge on any atom is -0.309 e. The fourth-order valence-electron chi connectivity index (χ4n) is 8.78. The van der Waals surface area contributed by atoms with Gasteiger partial charge in [0, 0.05) is 49.3 Å². The largest absolute Gasteiger partial charge is 0.309 e. The van der Waals surface area contributed by atoms with Crippen molar-refractivity contribution in [3.05, 3.63) is 187 Å². The van der Waals surface area contributed by atoms with Gasteiger partial charge in [0.1, 0.15) is 0 Å². The van der Waals surface area contributed by atoms with Crippen molar-refractivity contribution in [2.75, 3.05) is 0 Å². The van der Waals surface area contributed by atoms with Crippen LogP contribution in [-0.4, -0.2) is 13.7 Å². The molecule has 0 saturated heterocycles. The monoisotopic (exact) mass is 699 g/mol. The van der Waals surface area contributed by atoms with E-state index in [0.29, 0.717) is 11.1 Å². The second-order valence-electron chi connectivity index (χ2n) is 14.0. The van der Waals surface area contributed by atoms with E-state index in [1.165, 1.54) is 21.5 Å². The van der Waals surface area contributed by atoms with Gasteiger partial charge in [-0.15, -0.1) is 0 Å². The SMILES string of the molecule is N#Cc1ccc2c(c1)c1ccccc1n2-c1ccc2c3ccccc3n(-c3ccc(-c4c(C#N)cccc4-n4c5ccccc5c5ccccc54)cc3)c2c1. The normalized spacial score (nSPS) is 11.6. The standard InChI is InChI=1S/C50H29N5/c51-30-32-20-27-47-42(28-32)40-14-4-6-16-44(40)54(47)36-25-26-41-39-13-1-5-15-43(39)53(49(41)29-36)35-23-21-33(22-24-35)50-34(31-52)10-9-19-48(50)55-45-17-7-2-11-37(45)38-12-3-8-18-46(38)55/h1-29H. The van der Waals surface area contributed by atoms with E-state index in [9.17, 15) is 10.5 Å². The summed E-state index contributed by atoms with van der Waals surface area (Å²) in [4.78, 5) is 0. The number of benzene rings is 8. The van der Waals surface area contributed by atoms with Crippen molar-refractivity contribution in [1.29, 1.82) is 10.5 Å². The summed E-state index contributed by atoms with van der Waals surface area (Å²) in [6, 6.07) is 66.0. The van der Waals surface area contributed by atoms with Crippen LogP contribution in [0.15, 0.2) is 176 Å². The molecule has 11 rings (SSSR count). The van der Waals surface area contributed by atoms with Gasteiger partial charge in [0.2, 0.25) is 0 Å². The highest BCUT2D eigenvalue weighted by Crippen LogP contribution is 2.40. The first-order valence-electron chi connectivity index (χ1n) is 18.3. The summed E-state index contributed by atoms with van der Waals surface area (Å²) in [6.45, 7) is 0. The van der Waals surface area contributed by atoms with Crippen LogP contribution in [0.25, 0.3) is 93.6 Å². The zero-order chi connectivity index (χ0) is 36.6. The van der Waals surface area contributed by atoms with E-state index in [0.717, 1.165) is 72.1 Å². The van der Waals surface area contributed by atoms with Crippen molar-refractivity contribution in [2.45, 2.75) is 0 Å². The number of nitriles is 2. The molecule has 254 valence electrons. The summed E-state index contributed by atoms with van der Waals surface area (Å²) in [7, 11) is 0. The predicted octanol–water partition coefficient (Wildman–Crippen LogP) is 12.4. The third-order valence-corrected chi connectivity index (χ3v) is 11.1. The number of para-hydroxylation sites is 4. The number of rotatable bonds is 4. The molecule has 0 aliphatic rings. The molecule has 0 aliphatic heterocycles. The Labute approximate surface area is 316 Å². The highest BCUT2D eigenvalue weighted by atomic mass is 15.0. The molecule has 0 fully saturated rings. The lowest BCUT2D eigenvalue weighted by Crippen LogP contribution is -2.00. The van der Waals surface area contributed by atoms with Gasteiger partial charge in [-0.25, -0.2) is 0 Å². The van der Waals surface area contributed by atoms with Gasteiger partial charge < -0.3 is 13.7 Å². The number of nitrogens with zero attached hydrogens (tertiary/aromatic N) is 5. The molecule has 5 heteroatoms. The number of fused-ring (bicyclic) bond motifs is 9. The zero-order valence-corrected chi connectivity index (χ0v) is 29.5. The first kappa shape index (κ1) is 30.7. The Hall–Kier alpha value is -7.86. The van der Waals surface area contributed by atoms with Gasteiger partial charge in [-0.1, -0.05) is 97.1 Å². The van der Waals surface area contributed by atoms with Crippen LogP contribution in [0, 0.1) is 22.7 Å². The van der Waals surface area contributed by atoms with Gasteiger partial charge in [-0.3, -0.25) is 0 Å². The van der Waals surface area contributed by atoms with Gasteiger partial charge in [0.15, 0.2) is 0 Å². The van der Waals surface area contributed by atoms with Crippen molar-refractivity contribution in [3.63, 3.8) is 0 Å². The van der Waals surface area contributed by atoms with Crippen molar-refractivity contribution in [1.82, 2.24) is 13.7 Å². The van der Waals surface area contributed by atoms with E-state index in [-0.39, 0.29) is 0 Å². The van der Waals surface area contributed by atoms with Gasteiger partial charge >= 0.3 is 0 Å². The molecule has 8 aromatic carbocycles. The predicted molar refractivity (Wildman–Crippen MR) is 224 cm³/mol. The molecule has 3 heterocycles. The Balaban J connectivity index is 1.11. The maximum absolute atomic E-state index is 10.5. The van der Waals surface area contributed by atoms with Crippen LogP contribution in [0.2, 0.25) is 0 Å². The highest BCUT2D eigenvalue weighted by molar-refractivity contribution is 6.13. The minimum absolute atomic E-state index is 0.627. The molecule has 0 atom stereocenters. The van der Waals surface area contributed by atoms with E-state index in [4.69, 9.17) is 0 Å². The van der Waals surface area contributed by atoms with Crippen molar-refractivity contribution in [2.24, 2.45) is 0 Å². The fraction of sp³-hybridized carbons (Fsp3) is 0. The molecule has 0 bridgehead atoms.